The molecule has 0 unspecified atom stereocenters. The molecule has 0 N–H and O–H groups in total. The van der Waals surface area contributed by atoms with E-state index >= 15 is 0 Å². The molecule has 0 aliphatic heterocycles. The maximum atomic E-state index is 9.95. The number of aromatic nitrogens is 2. The first kappa shape index (κ1) is 28.8. The van der Waals surface area contributed by atoms with Gasteiger partial charge in [-0.3, -0.25) is 0 Å². The number of benzene rings is 7. The molecule has 0 atom stereocenters. The molecule has 0 spiro atoms. The molecule has 0 saturated heterocycles. The normalized spacial score (nSPS) is 11.1. The Morgan fingerprint density at radius 2 is 1.02 bits per heavy atom. The Balaban J connectivity index is 1.17. The van der Waals surface area contributed by atoms with Crippen LogP contribution < -0.4 is 0 Å². The van der Waals surface area contributed by atoms with Gasteiger partial charge in [-0.15, -0.1) is 0 Å². The first-order chi connectivity index (χ1) is 24.7. The lowest BCUT2D eigenvalue weighted by Gasteiger charge is -2.15. The second-order valence-electron chi connectivity index (χ2n) is 12.3. The molecule has 0 bridgehead atoms. The second-order valence-corrected chi connectivity index (χ2v) is 12.3. The van der Waals surface area contributed by atoms with E-state index in [2.05, 4.69) is 124 Å². The predicted molar refractivity (Wildman–Crippen MR) is 200 cm³/mol. The Kier molecular flexibility index (Phi) is 6.56. The molecule has 0 aliphatic carbocycles. The number of hydrogen-bond donors (Lipinski definition) is 0. The molecule has 230 valence electrons. The van der Waals surface area contributed by atoms with E-state index < -0.39 is 0 Å². The van der Waals surface area contributed by atoms with Crippen molar-refractivity contribution in [3.05, 3.63) is 168 Å². The summed E-state index contributed by atoms with van der Waals surface area (Å²) in [7, 11) is 0. The largest absolute Gasteiger partial charge is 0.309 e. The minimum Gasteiger partial charge on any atom is -0.309 e. The molecule has 2 heterocycles. The van der Waals surface area contributed by atoms with E-state index in [1.807, 2.05) is 54.6 Å². The van der Waals surface area contributed by atoms with Gasteiger partial charge in [0.25, 0.3) is 0 Å². The molecule has 5 nitrogen and oxygen atoms in total. The highest BCUT2D eigenvalue weighted by Gasteiger charge is 2.18. The van der Waals surface area contributed by atoms with Crippen molar-refractivity contribution in [1.82, 2.24) is 9.13 Å². The fraction of sp³-hybridized carbons (Fsp3) is 0. The topological polar surface area (TPSA) is 81.2 Å². The summed E-state index contributed by atoms with van der Waals surface area (Å²) in [6.45, 7) is 0. The lowest BCUT2D eigenvalue weighted by Crippen LogP contribution is -1.98. The van der Waals surface area contributed by atoms with Crippen molar-refractivity contribution in [2.75, 3.05) is 0 Å². The molecular formula is C45H25N5. The smallest absolute Gasteiger partial charge is 0.0998 e. The van der Waals surface area contributed by atoms with Crippen molar-refractivity contribution in [2.45, 2.75) is 0 Å². The summed E-state index contributed by atoms with van der Waals surface area (Å²) in [5.41, 5.74) is 11.9. The zero-order valence-corrected chi connectivity index (χ0v) is 26.7. The standard InChI is InChI=1S/C45H25N5/c46-26-29-16-22-42-39(23-29)45-34(28-48)8-6-14-43(45)49(42)35-9-5-7-33(25-35)31-17-19-32(20-18-31)36-21-15-30(27-47)24-44(36)50-40-12-3-1-10-37(40)38-11-2-4-13-41(38)50/h1-25H. The molecule has 0 radical (unpaired) electrons. The van der Waals surface area contributed by atoms with E-state index in [1.54, 1.807) is 0 Å². The lowest BCUT2D eigenvalue weighted by molar-refractivity contribution is 1.18. The summed E-state index contributed by atoms with van der Waals surface area (Å²) >= 11 is 0. The van der Waals surface area contributed by atoms with Gasteiger partial charge in [-0.05, 0) is 83.4 Å². The van der Waals surface area contributed by atoms with Crippen molar-refractivity contribution in [2.24, 2.45) is 0 Å². The van der Waals surface area contributed by atoms with E-state index in [4.69, 9.17) is 0 Å². The van der Waals surface area contributed by atoms with Gasteiger partial charge in [0.1, 0.15) is 0 Å². The Bertz CT molecular complexity index is 2900. The Morgan fingerprint density at radius 3 is 1.74 bits per heavy atom. The molecule has 5 heteroatoms. The molecular weight excluding hydrogens is 611 g/mol. The second kappa shape index (κ2) is 11.4. The summed E-state index contributed by atoms with van der Waals surface area (Å²) in [6, 6.07) is 58.0. The van der Waals surface area contributed by atoms with Gasteiger partial charge in [0.2, 0.25) is 0 Å². The monoisotopic (exact) mass is 635 g/mol. The number of hydrogen-bond acceptors (Lipinski definition) is 3. The summed E-state index contributed by atoms with van der Waals surface area (Å²) in [5.74, 6) is 0. The van der Waals surface area contributed by atoms with Crippen LogP contribution in [-0.4, -0.2) is 9.13 Å². The van der Waals surface area contributed by atoms with Gasteiger partial charge < -0.3 is 9.13 Å². The van der Waals surface area contributed by atoms with Gasteiger partial charge in [-0.25, -0.2) is 0 Å². The van der Waals surface area contributed by atoms with Crippen molar-refractivity contribution >= 4 is 43.6 Å². The fourth-order valence-corrected chi connectivity index (χ4v) is 7.39. The quantitative estimate of drug-likeness (QED) is 0.193. The molecule has 9 rings (SSSR count). The SMILES string of the molecule is N#Cc1ccc(-c2ccc(-c3cccc(-n4c5ccc(C#N)cc5c5c(C#N)cccc54)c3)cc2)c(-n2c3ccccc3c3ccccc32)c1. The van der Waals surface area contributed by atoms with Crippen molar-refractivity contribution in [1.29, 1.82) is 15.8 Å². The molecule has 7 aromatic carbocycles. The van der Waals surface area contributed by atoms with E-state index in [1.165, 1.54) is 10.8 Å². The molecule has 0 aliphatic rings. The van der Waals surface area contributed by atoms with Crippen LogP contribution in [0.25, 0.3) is 77.2 Å². The van der Waals surface area contributed by atoms with Crippen LogP contribution in [0.3, 0.4) is 0 Å². The summed E-state index contributed by atoms with van der Waals surface area (Å²) in [5, 5.41) is 33.5. The van der Waals surface area contributed by atoms with Crippen LogP contribution in [0, 0.1) is 34.0 Å². The van der Waals surface area contributed by atoms with Crippen LogP contribution in [0.1, 0.15) is 16.7 Å². The summed E-state index contributed by atoms with van der Waals surface area (Å²) in [4.78, 5) is 0. The number of rotatable bonds is 4. The summed E-state index contributed by atoms with van der Waals surface area (Å²) in [6.07, 6.45) is 0. The van der Waals surface area contributed by atoms with Crippen molar-refractivity contribution in [3.63, 3.8) is 0 Å². The van der Waals surface area contributed by atoms with Crippen LogP contribution in [0.15, 0.2) is 152 Å². The minimum absolute atomic E-state index is 0.557. The highest BCUT2D eigenvalue weighted by molar-refractivity contribution is 6.12. The van der Waals surface area contributed by atoms with Gasteiger partial charge >= 0.3 is 0 Å². The number of nitriles is 3. The first-order valence-electron chi connectivity index (χ1n) is 16.3. The Morgan fingerprint density at radius 1 is 0.400 bits per heavy atom. The third-order valence-corrected chi connectivity index (χ3v) is 9.62. The van der Waals surface area contributed by atoms with E-state index in [0.717, 1.165) is 66.5 Å². The van der Waals surface area contributed by atoms with E-state index in [0.29, 0.717) is 16.7 Å². The Hall–Kier alpha value is -7.39. The van der Waals surface area contributed by atoms with Gasteiger partial charge in [0.05, 0.1) is 62.7 Å². The molecule has 0 saturated carbocycles. The fourth-order valence-electron chi connectivity index (χ4n) is 7.39. The van der Waals surface area contributed by atoms with Gasteiger partial charge in [-0.1, -0.05) is 84.9 Å². The third kappa shape index (κ3) is 4.38. The highest BCUT2D eigenvalue weighted by atomic mass is 15.0. The average molecular weight is 636 g/mol. The van der Waals surface area contributed by atoms with Crippen LogP contribution >= 0.6 is 0 Å². The third-order valence-electron chi connectivity index (χ3n) is 9.62. The van der Waals surface area contributed by atoms with Crippen LogP contribution in [0.5, 0.6) is 0 Å². The highest BCUT2D eigenvalue weighted by Crippen LogP contribution is 2.38. The maximum Gasteiger partial charge on any atom is 0.0998 e. The van der Waals surface area contributed by atoms with Crippen molar-refractivity contribution in [3.8, 4) is 51.8 Å². The number of nitrogens with zero attached hydrogens (tertiary/aromatic N) is 5. The van der Waals surface area contributed by atoms with Crippen molar-refractivity contribution < 1.29 is 0 Å². The lowest BCUT2D eigenvalue weighted by atomic mass is 9.97. The molecule has 50 heavy (non-hydrogen) atoms. The molecule has 9 aromatic rings. The minimum atomic E-state index is 0.557. The zero-order valence-electron chi connectivity index (χ0n) is 26.7. The Labute approximate surface area is 287 Å². The molecule has 2 aromatic heterocycles. The van der Waals surface area contributed by atoms with Gasteiger partial charge in [-0.2, -0.15) is 15.8 Å². The zero-order chi connectivity index (χ0) is 33.8. The summed E-state index contributed by atoms with van der Waals surface area (Å²) < 4.78 is 4.43. The molecule has 0 fully saturated rings. The maximum absolute atomic E-state index is 9.95. The first-order valence-corrected chi connectivity index (χ1v) is 16.3. The average Bonchev–Trinajstić information content (AvgIpc) is 3.70. The van der Waals surface area contributed by atoms with Gasteiger partial charge in [0.15, 0.2) is 0 Å². The van der Waals surface area contributed by atoms with E-state index in [-0.39, 0.29) is 0 Å². The van der Waals surface area contributed by atoms with Crippen LogP contribution in [-0.2, 0) is 0 Å². The number of fused-ring (bicyclic) bond motifs is 6. The van der Waals surface area contributed by atoms with E-state index in [9.17, 15) is 15.8 Å². The number of para-hydroxylation sites is 2. The predicted octanol–water partition coefficient (Wildman–Crippen LogP) is 10.8. The molecule has 0 amide bonds. The van der Waals surface area contributed by atoms with Crippen LogP contribution in [0.2, 0.25) is 0 Å². The van der Waals surface area contributed by atoms with Crippen LogP contribution in [0.4, 0.5) is 0 Å². The van der Waals surface area contributed by atoms with Gasteiger partial charge in [0, 0.05) is 32.8 Å².